The number of carboxylic acid groups (broad SMARTS) is 1. The standard InChI is InChI=1S/C25H30N2O6/c1-4-25(2,23(30)26-13-21(32-3)22(28)29)15-27-24(31)33-14-20-18-11-7-5-9-16(18)17-10-6-8-12-19(17)20/h5-12,20-21H,4,13-15H2,1-3H3,(H,26,30)(H,27,31)(H,28,29). The Morgan fingerprint density at radius 2 is 1.61 bits per heavy atom. The van der Waals surface area contributed by atoms with E-state index in [-0.39, 0.29) is 31.5 Å². The molecule has 2 amide bonds. The second kappa shape index (κ2) is 10.5. The third kappa shape index (κ3) is 5.34. The van der Waals surface area contributed by atoms with Crippen LogP contribution in [0.25, 0.3) is 11.1 Å². The summed E-state index contributed by atoms with van der Waals surface area (Å²) >= 11 is 0. The number of methoxy groups -OCH3 is 1. The van der Waals surface area contributed by atoms with Crippen molar-refractivity contribution in [3.05, 3.63) is 59.7 Å². The lowest BCUT2D eigenvalue weighted by Gasteiger charge is -2.27. The Hall–Kier alpha value is -3.39. The molecule has 1 aliphatic rings. The van der Waals surface area contributed by atoms with E-state index >= 15 is 0 Å². The van der Waals surface area contributed by atoms with Crippen LogP contribution in [0.15, 0.2) is 48.5 Å². The van der Waals surface area contributed by atoms with Gasteiger partial charge in [-0.1, -0.05) is 55.5 Å². The van der Waals surface area contributed by atoms with Gasteiger partial charge in [0.2, 0.25) is 5.91 Å². The van der Waals surface area contributed by atoms with E-state index in [4.69, 9.17) is 14.6 Å². The number of alkyl carbamates (subject to hydrolysis) is 1. The van der Waals surface area contributed by atoms with Gasteiger partial charge in [-0.25, -0.2) is 9.59 Å². The van der Waals surface area contributed by atoms with Crippen LogP contribution in [0.5, 0.6) is 0 Å². The predicted octanol–water partition coefficient (Wildman–Crippen LogP) is 3.16. The summed E-state index contributed by atoms with van der Waals surface area (Å²) in [6.45, 7) is 3.60. The lowest BCUT2D eigenvalue weighted by Crippen LogP contribution is -2.49. The zero-order chi connectivity index (χ0) is 24.0. The summed E-state index contributed by atoms with van der Waals surface area (Å²) in [7, 11) is 1.27. The van der Waals surface area contributed by atoms with Crippen molar-refractivity contribution in [3.8, 4) is 11.1 Å². The Bertz CT molecular complexity index is 978. The van der Waals surface area contributed by atoms with Crippen LogP contribution >= 0.6 is 0 Å². The Morgan fingerprint density at radius 1 is 1.03 bits per heavy atom. The average molecular weight is 455 g/mol. The fraction of sp³-hybridized carbons (Fsp3) is 0.400. The lowest BCUT2D eigenvalue weighted by molar-refractivity contribution is -0.148. The second-order valence-corrected chi connectivity index (χ2v) is 8.37. The first-order chi connectivity index (χ1) is 15.8. The van der Waals surface area contributed by atoms with Crippen LogP contribution in [-0.4, -0.2) is 56.0 Å². The number of nitrogens with one attached hydrogen (secondary N) is 2. The van der Waals surface area contributed by atoms with Crippen LogP contribution < -0.4 is 10.6 Å². The van der Waals surface area contributed by atoms with Crippen LogP contribution in [0, 0.1) is 5.41 Å². The molecule has 0 radical (unpaired) electrons. The van der Waals surface area contributed by atoms with Gasteiger partial charge in [0, 0.05) is 19.6 Å². The smallest absolute Gasteiger partial charge is 0.407 e. The number of carbonyl (C=O) groups is 3. The molecule has 8 heteroatoms. The minimum Gasteiger partial charge on any atom is -0.479 e. The molecule has 3 N–H and O–H groups in total. The third-order valence-electron chi connectivity index (χ3n) is 6.30. The molecule has 0 bridgehead atoms. The number of amides is 2. The van der Waals surface area contributed by atoms with E-state index in [0.29, 0.717) is 6.42 Å². The van der Waals surface area contributed by atoms with E-state index in [1.807, 2.05) is 43.3 Å². The molecule has 2 atom stereocenters. The number of fused-ring (bicyclic) bond motifs is 3. The van der Waals surface area contributed by atoms with Gasteiger partial charge in [0.1, 0.15) is 6.61 Å². The molecular weight excluding hydrogens is 424 g/mol. The first-order valence-electron chi connectivity index (χ1n) is 10.9. The SMILES string of the molecule is CCC(C)(CNC(=O)OCC1c2ccccc2-c2ccccc21)C(=O)NCC(OC)C(=O)O. The topological polar surface area (TPSA) is 114 Å². The maximum atomic E-state index is 12.6. The molecule has 2 aromatic rings. The first-order valence-corrected chi connectivity index (χ1v) is 10.9. The number of rotatable bonds is 10. The highest BCUT2D eigenvalue weighted by molar-refractivity contribution is 5.84. The third-order valence-corrected chi connectivity index (χ3v) is 6.30. The van der Waals surface area contributed by atoms with Crippen LogP contribution in [0.4, 0.5) is 4.79 Å². The molecule has 3 rings (SSSR count). The summed E-state index contributed by atoms with van der Waals surface area (Å²) in [5.74, 6) is -1.58. The van der Waals surface area contributed by atoms with E-state index < -0.39 is 23.6 Å². The molecule has 33 heavy (non-hydrogen) atoms. The highest BCUT2D eigenvalue weighted by Crippen LogP contribution is 2.44. The van der Waals surface area contributed by atoms with Crippen molar-refractivity contribution in [2.75, 3.05) is 26.8 Å². The zero-order valence-electron chi connectivity index (χ0n) is 19.1. The molecule has 0 fully saturated rings. The van der Waals surface area contributed by atoms with Crippen molar-refractivity contribution in [3.63, 3.8) is 0 Å². The van der Waals surface area contributed by atoms with Crippen molar-refractivity contribution in [2.45, 2.75) is 32.3 Å². The molecule has 0 spiro atoms. The second-order valence-electron chi connectivity index (χ2n) is 8.37. The number of carboxylic acids is 1. The van der Waals surface area contributed by atoms with E-state index in [0.717, 1.165) is 22.3 Å². The van der Waals surface area contributed by atoms with Gasteiger partial charge in [0.15, 0.2) is 6.10 Å². The molecule has 2 unspecified atom stereocenters. The molecular formula is C25H30N2O6. The van der Waals surface area contributed by atoms with Crippen molar-refractivity contribution in [1.29, 1.82) is 0 Å². The maximum absolute atomic E-state index is 12.6. The van der Waals surface area contributed by atoms with Gasteiger partial charge < -0.3 is 25.2 Å². The normalized spacial score (nSPS) is 15.0. The van der Waals surface area contributed by atoms with Crippen LogP contribution in [0.2, 0.25) is 0 Å². The minimum atomic E-state index is -1.16. The van der Waals surface area contributed by atoms with Gasteiger partial charge in [0.05, 0.1) is 12.0 Å². The molecule has 8 nitrogen and oxygen atoms in total. The van der Waals surface area contributed by atoms with Crippen molar-refractivity contribution >= 4 is 18.0 Å². The zero-order valence-corrected chi connectivity index (χ0v) is 19.1. The number of ether oxygens (including phenoxy) is 2. The lowest BCUT2D eigenvalue weighted by atomic mass is 9.86. The molecule has 0 aromatic heterocycles. The molecule has 1 aliphatic carbocycles. The van der Waals surface area contributed by atoms with Gasteiger partial charge >= 0.3 is 12.1 Å². The Kier molecular flexibility index (Phi) is 7.71. The monoisotopic (exact) mass is 454 g/mol. The van der Waals surface area contributed by atoms with Gasteiger partial charge in [0.25, 0.3) is 0 Å². The van der Waals surface area contributed by atoms with Crippen LogP contribution in [-0.2, 0) is 19.1 Å². The van der Waals surface area contributed by atoms with Crippen molar-refractivity contribution in [1.82, 2.24) is 10.6 Å². The molecule has 0 saturated carbocycles. The first kappa shape index (κ1) is 24.3. The summed E-state index contributed by atoms with van der Waals surface area (Å²) in [6, 6.07) is 16.2. The summed E-state index contributed by atoms with van der Waals surface area (Å²) in [5, 5.41) is 14.3. The van der Waals surface area contributed by atoms with Crippen LogP contribution in [0.3, 0.4) is 0 Å². The van der Waals surface area contributed by atoms with Gasteiger partial charge in [-0.3, -0.25) is 4.79 Å². The predicted molar refractivity (Wildman–Crippen MR) is 123 cm³/mol. The molecule has 0 saturated heterocycles. The van der Waals surface area contributed by atoms with Gasteiger partial charge in [-0.05, 0) is 35.6 Å². The summed E-state index contributed by atoms with van der Waals surface area (Å²) in [5.41, 5.74) is 3.61. The largest absolute Gasteiger partial charge is 0.479 e. The minimum absolute atomic E-state index is 0.0500. The highest BCUT2D eigenvalue weighted by atomic mass is 16.5. The van der Waals surface area contributed by atoms with E-state index in [2.05, 4.69) is 22.8 Å². The van der Waals surface area contributed by atoms with Crippen LogP contribution in [0.1, 0.15) is 37.3 Å². The molecule has 2 aromatic carbocycles. The number of benzene rings is 2. The number of hydrogen-bond donors (Lipinski definition) is 3. The average Bonchev–Trinajstić information content (AvgIpc) is 3.15. The Morgan fingerprint density at radius 3 is 2.12 bits per heavy atom. The quantitative estimate of drug-likeness (QED) is 0.508. The van der Waals surface area contributed by atoms with Crippen molar-refractivity contribution < 1.29 is 29.0 Å². The Balaban J connectivity index is 1.56. The fourth-order valence-electron chi connectivity index (χ4n) is 3.95. The highest BCUT2D eigenvalue weighted by Gasteiger charge is 2.33. The summed E-state index contributed by atoms with van der Waals surface area (Å²) < 4.78 is 10.4. The summed E-state index contributed by atoms with van der Waals surface area (Å²) in [6.07, 6.45) is -1.30. The van der Waals surface area contributed by atoms with Gasteiger partial charge in [-0.15, -0.1) is 0 Å². The number of carbonyl (C=O) groups excluding carboxylic acids is 2. The maximum Gasteiger partial charge on any atom is 0.407 e. The van der Waals surface area contributed by atoms with Crippen molar-refractivity contribution in [2.24, 2.45) is 5.41 Å². The summed E-state index contributed by atoms with van der Waals surface area (Å²) in [4.78, 5) is 36.2. The molecule has 0 heterocycles. The molecule has 176 valence electrons. The number of hydrogen-bond acceptors (Lipinski definition) is 5. The van der Waals surface area contributed by atoms with Gasteiger partial charge in [-0.2, -0.15) is 0 Å². The fourth-order valence-corrected chi connectivity index (χ4v) is 3.95. The Labute approximate surface area is 193 Å². The number of aliphatic carboxylic acids is 1. The van der Waals surface area contributed by atoms with E-state index in [1.165, 1.54) is 7.11 Å². The molecule has 0 aliphatic heterocycles. The van der Waals surface area contributed by atoms with E-state index in [9.17, 15) is 14.4 Å². The van der Waals surface area contributed by atoms with E-state index in [1.54, 1.807) is 6.92 Å².